The number of nitrogens with one attached hydrogen (secondary N) is 1. The van der Waals surface area contributed by atoms with Crippen molar-refractivity contribution < 1.29 is 43.6 Å². The number of likely N-dealkylation sites (tertiary alicyclic amines) is 1. The SMILES string of the molecule is Nc1c(F)cc(C(=O)NCC2C3CN(CC4CCOCC4)CC23)c2nc(OC(=O)C(O)C(O)C(=O)O)ccc12. The van der Waals surface area contributed by atoms with Crippen molar-refractivity contribution in [2.45, 2.75) is 25.0 Å². The number of nitrogens with two attached hydrogens (primary N) is 1. The lowest BCUT2D eigenvalue weighted by Crippen LogP contribution is -2.41. The van der Waals surface area contributed by atoms with Gasteiger partial charge in [0.2, 0.25) is 5.88 Å². The van der Waals surface area contributed by atoms with Crippen LogP contribution in [-0.2, 0) is 14.3 Å². The standard InChI is InChI=1S/C26H31FN4O8/c27-18-7-14(21-13(20(18)28)1-2-19(30-21)39-26(37)23(33)22(32)25(35)36)24(34)29-8-15-16-10-31(11-17(15)16)9-12-3-5-38-6-4-12/h1-2,7,12,15-17,22-23,32-33H,3-6,8-11,28H2,(H,29,34)(H,35,36). The topological polar surface area (TPSA) is 185 Å². The number of benzene rings is 1. The quantitative estimate of drug-likeness (QED) is 0.211. The maximum atomic E-state index is 14.5. The minimum absolute atomic E-state index is 0.0383. The first-order valence-corrected chi connectivity index (χ1v) is 12.9. The van der Waals surface area contributed by atoms with E-state index in [0.717, 1.165) is 57.8 Å². The Bertz CT molecular complexity index is 1270. The molecule has 1 saturated carbocycles. The molecule has 4 atom stereocenters. The smallest absolute Gasteiger partial charge is 0.345 e. The first-order valence-electron chi connectivity index (χ1n) is 12.9. The Morgan fingerprint density at radius 3 is 2.54 bits per heavy atom. The number of hydrogen-bond donors (Lipinski definition) is 5. The fraction of sp³-hybridized carbons (Fsp3) is 0.538. The molecular formula is C26H31FN4O8. The van der Waals surface area contributed by atoms with Gasteiger partial charge in [-0.15, -0.1) is 0 Å². The number of hydrogen-bond acceptors (Lipinski definition) is 10. The van der Waals surface area contributed by atoms with Gasteiger partial charge in [0.1, 0.15) is 5.82 Å². The van der Waals surface area contributed by atoms with Crippen LogP contribution in [0.5, 0.6) is 5.88 Å². The van der Waals surface area contributed by atoms with Gasteiger partial charge in [-0.05, 0) is 48.6 Å². The van der Waals surface area contributed by atoms with Gasteiger partial charge in [-0.1, -0.05) is 0 Å². The maximum Gasteiger partial charge on any atom is 0.345 e. The minimum atomic E-state index is -2.40. The largest absolute Gasteiger partial charge is 0.479 e. The number of nitrogen functional groups attached to an aromatic ring is 1. The number of nitrogens with zero attached hydrogens (tertiary/aromatic N) is 2. The number of aliphatic hydroxyl groups excluding tert-OH is 2. The Labute approximate surface area is 222 Å². The molecule has 5 rings (SSSR count). The number of carbonyl (C=O) groups excluding carboxylic acids is 2. The normalized spacial score (nSPS) is 24.6. The molecule has 39 heavy (non-hydrogen) atoms. The summed E-state index contributed by atoms with van der Waals surface area (Å²) < 4.78 is 24.9. The third-order valence-electron chi connectivity index (χ3n) is 7.99. The van der Waals surface area contributed by atoms with E-state index in [1.165, 1.54) is 6.07 Å². The van der Waals surface area contributed by atoms with E-state index in [0.29, 0.717) is 30.2 Å². The average molecular weight is 547 g/mol. The zero-order valence-electron chi connectivity index (χ0n) is 21.1. The number of carbonyl (C=O) groups is 3. The van der Waals surface area contributed by atoms with Gasteiger partial charge in [-0.25, -0.2) is 19.0 Å². The molecule has 1 aliphatic carbocycles. The number of carboxylic acid groups (broad SMARTS) is 1. The number of piperidine rings is 1. The molecule has 2 saturated heterocycles. The van der Waals surface area contributed by atoms with Crippen LogP contribution in [0.25, 0.3) is 10.9 Å². The van der Waals surface area contributed by atoms with Gasteiger partial charge in [0.15, 0.2) is 12.2 Å². The van der Waals surface area contributed by atoms with Crippen LogP contribution in [0.15, 0.2) is 18.2 Å². The molecule has 3 heterocycles. The second-order valence-electron chi connectivity index (χ2n) is 10.5. The number of amides is 1. The second-order valence-corrected chi connectivity index (χ2v) is 10.5. The minimum Gasteiger partial charge on any atom is -0.479 e. The molecule has 6 N–H and O–H groups in total. The van der Waals surface area contributed by atoms with Gasteiger partial charge in [0.25, 0.3) is 5.91 Å². The third kappa shape index (κ3) is 5.66. The van der Waals surface area contributed by atoms with Crippen molar-refractivity contribution in [1.82, 2.24) is 15.2 Å². The molecule has 1 aromatic carbocycles. The van der Waals surface area contributed by atoms with E-state index in [1.807, 2.05) is 0 Å². The van der Waals surface area contributed by atoms with E-state index in [-0.39, 0.29) is 22.2 Å². The van der Waals surface area contributed by atoms with Crippen LogP contribution < -0.4 is 15.8 Å². The Balaban J connectivity index is 1.23. The van der Waals surface area contributed by atoms with E-state index in [2.05, 4.69) is 15.2 Å². The molecule has 0 spiro atoms. The molecule has 4 unspecified atom stereocenters. The van der Waals surface area contributed by atoms with Crippen LogP contribution in [0.2, 0.25) is 0 Å². The molecule has 12 nitrogen and oxygen atoms in total. The molecule has 1 aromatic heterocycles. The van der Waals surface area contributed by atoms with E-state index in [4.69, 9.17) is 20.3 Å². The number of ether oxygens (including phenoxy) is 2. The molecule has 2 aliphatic heterocycles. The Morgan fingerprint density at radius 1 is 1.18 bits per heavy atom. The Kier molecular flexibility index (Phi) is 7.67. The van der Waals surface area contributed by atoms with Crippen molar-refractivity contribution in [3.63, 3.8) is 0 Å². The van der Waals surface area contributed by atoms with Gasteiger partial charge in [-0.2, -0.15) is 0 Å². The zero-order valence-corrected chi connectivity index (χ0v) is 21.1. The highest BCUT2D eigenvalue weighted by Gasteiger charge is 2.55. The van der Waals surface area contributed by atoms with Crippen LogP contribution in [0, 0.1) is 29.5 Å². The van der Waals surface area contributed by atoms with Crippen molar-refractivity contribution in [3.8, 4) is 5.88 Å². The van der Waals surface area contributed by atoms with Gasteiger partial charge in [0.05, 0.1) is 16.8 Å². The summed E-state index contributed by atoms with van der Waals surface area (Å²) in [6.07, 6.45) is -2.58. The van der Waals surface area contributed by atoms with Crippen molar-refractivity contribution in [2.24, 2.45) is 23.7 Å². The number of aromatic nitrogens is 1. The molecule has 3 aliphatic rings. The first-order chi connectivity index (χ1) is 18.6. The lowest BCUT2D eigenvalue weighted by Gasteiger charge is -2.28. The number of carboxylic acids is 1. The van der Waals surface area contributed by atoms with Crippen LogP contribution in [0.4, 0.5) is 10.1 Å². The predicted molar refractivity (Wildman–Crippen MR) is 134 cm³/mol. The monoisotopic (exact) mass is 546 g/mol. The van der Waals surface area contributed by atoms with Crippen molar-refractivity contribution >= 4 is 34.4 Å². The molecule has 0 bridgehead atoms. The highest BCUT2D eigenvalue weighted by atomic mass is 19.1. The number of aliphatic hydroxyl groups is 2. The van der Waals surface area contributed by atoms with E-state index in [1.54, 1.807) is 0 Å². The van der Waals surface area contributed by atoms with Crippen LogP contribution in [-0.4, -0.2) is 94.6 Å². The molecule has 3 fully saturated rings. The highest BCUT2D eigenvalue weighted by molar-refractivity contribution is 6.08. The number of anilines is 1. The van der Waals surface area contributed by atoms with Crippen molar-refractivity contribution in [1.29, 1.82) is 0 Å². The lowest BCUT2D eigenvalue weighted by atomic mass is 9.99. The number of esters is 1. The third-order valence-corrected chi connectivity index (χ3v) is 7.99. The van der Waals surface area contributed by atoms with E-state index < -0.39 is 41.8 Å². The van der Waals surface area contributed by atoms with Crippen LogP contribution >= 0.6 is 0 Å². The summed E-state index contributed by atoms with van der Waals surface area (Å²) in [5, 5.41) is 30.8. The summed E-state index contributed by atoms with van der Waals surface area (Å²) in [6.45, 7) is 5.17. The number of fused-ring (bicyclic) bond motifs is 2. The summed E-state index contributed by atoms with van der Waals surface area (Å²) >= 11 is 0. The fourth-order valence-corrected chi connectivity index (χ4v) is 5.71. The zero-order chi connectivity index (χ0) is 27.8. The van der Waals surface area contributed by atoms with E-state index >= 15 is 0 Å². The molecule has 2 aromatic rings. The summed E-state index contributed by atoms with van der Waals surface area (Å²) in [7, 11) is 0. The summed E-state index contributed by atoms with van der Waals surface area (Å²) in [4.78, 5) is 42.5. The number of rotatable bonds is 9. The average Bonchev–Trinajstić information content (AvgIpc) is 3.38. The van der Waals surface area contributed by atoms with Gasteiger partial charge in [-0.3, -0.25) is 4.79 Å². The summed E-state index contributed by atoms with van der Waals surface area (Å²) in [5.41, 5.74) is 5.42. The first kappa shape index (κ1) is 27.2. The van der Waals surface area contributed by atoms with Crippen LogP contribution in [0.3, 0.4) is 0 Å². The molecule has 13 heteroatoms. The van der Waals surface area contributed by atoms with Crippen molar-refractivity contribution in [3.05, 3.63) is 29.6 Å². The number of aliphatic carboxylic acids is 1. The fourth-order valence-electron chi connectivity index (χ4n) is 5.71. The summed E-state index contributed by atoms with van der Waals surface area (Å²) in [6, 6.07) is 3.39. The molecule has 0 radical (unpaired) electrons. The number of pyridine rings is 1. The van der Waals surface area contributed by atoms with Gasteiger partial charge >= 0.3 is 11.9 Å². The Hall–Kier alpha value is -3.39. The summed E-state index contributed by atoms with van der Waals surface area (Å²) in [5.74, 6) is -3.02. The van der Waals surface area contributed by atoms with Gasteiger partial charge in [0, 0.05) is 50.8 Å². The Morgan fingerprint density at radius 2 is 1.87 bits per heavy atom. The van der Waals surface area contributed by atoms with Crippen molar-refractivity contribution in [2.75, 3.05) is 45.1 Å². The second kappa shape index (κ2) is 11.0. The predicted octanol–water partition coefficient (Wildman–Crippen LogP) is 0.00210. The van der Waals surface area contributed by atoms with Crippen LogP contribution in [0.1, 0.15) is 23.2 Å². The maximum absolute atomic E-state index is 14.5. The molecular weight excluding hydrogens is 515 g/mol. The lowest BCUT2D eigenvalue weighted by molar-refractivity contribution is -0.164. The highest BCUT2D eigenvalue weighted by Crippen LogP contribution is 2.51. The van der Waals surface area contributed by atoms with E-state index in [9.17, 15) is 29.0 Å². The number of halogens is 1. The molecule has 210 valence electrons. The van der Waals surface area contributed by atoms with Gasteiger partial charge < -0.3 is 40.7 Å². The molecule has 1 amide bonds.